The Morgan fingerprint density at radius 1 is 1.14 bits per heavy atom. The Morgan fingerprint density at radius 2 is 1.57 bits per heavy atom. The highest BCUT2D eigenvalue weighted by Gasteiger charge is 1.77. The maximum Gasteiger partial charge on any atom is -0.0422 e. The minimum atomic E-state index is 1.36. The molecule has 1 rings (SSSR count). The molecule has 0 aromatic carbocycles. The molecule has 0 aliphatic heterocycles. The molecule has 1 aromatic heterocycles. The maximum absolute atomic E-state index is 2.22. The largest absolute Gasteiger partial charge is 0.531 e. The first-order chi connectivity index (χ1) is 3.30. The third-order valence-corrected chi connectivity index (χ3v) is 2.23. The van der Waals surface area contributed by atoms with E-state index < -0.39 is 0 Å². The summed E-state index contributed by atoms with van der Waals surface area (Å²) in [7, 11) is 1.36. The quantitative estimate of drug-likeness (QED) is 0.482. The third kappa shape index (κ3) is 0.863. The van der Waals surface area contributed by atoms with Gasteiger partial charge in [0.25, 0.3) is 0 Å². The van der Waals surface area contributed by atoms with Crippen LogP contribution >= 0.6 is 8.19 Å². The minimum Gasteiger partial charge on any atom is -0.531 e. The fourth-order valence-electron chi connectivity index (χ4n) is 0.465. The van der Waals surface area contributed by atoms with Gasteiger partial charge in [-0.15, -0.1) is 0 Å². The molecular formula is C6H8P-. The van der Waals surface area contributed by atoms with Crippen LogP contribution in [0.4, 0.5) is 0 Å². The fraction of sp³-hybridized carbons (Fsp3) is 0.333. The van der Waals surface area contributed by atoms with E-state index >= 15 is 0 Å². The second-order valence-electron chi connectivity index (χ2n) is 1.77. The van der Waals surface area contributed by atoms with E-state index in [1.807, 2.05) is 0 Å². The second kappa shape index (κ2) is 1.71. The molecule has 0 saturated carbocycles. The third-order valence-electron chi connectivity index (χ3n) is 1.16. The van der Waals surface area contributed by atoms with Gasteiger partial charge in [0.15, 0.2) is 0 Å². The van der Waals surface area contributed by atoms with E-state index in [0.29, 0.717) is 0 Å². The van der Waals surface area contributed by atoms with E-state index in [0.717, 1.165) is 0 Å². The van der Waals surface area contributed by atoms with Crippen molar-refractivity contribution >= 4 is 8.19 Å². The van der Waals surface area contributed by atoms with Crippen LogP contribution in [0.1, 0.15) is 11.1 Å². The Bertz CT molecular complexity index is 136. The van der Waals surface area contributed by atoms with Gasteiger partial charge in [0.1, 0.15) is 0 Å². The molecule has 1 heteroatoms. The van der Waals surface area contributed by atoms with Gasteiger partial charge in [-0.2, -0.15) is 0 Å². The Balaban J connectivity index is 3.12. The van der Waals surface area contributed by atoms with Crippen LogP contribution in [0.2, 0.25) is 0 Å². The van der Waals surface area contributed by atoms with E-state index in [-0.39, 0.29) is 0 Å². The van der Waals surface area contributed by atoms with Crippen LogP contribution in [0.25, 0.3) is 0 Å². The van der Waals surface area contributed by atoms with Gasteiger partial charge in [-0.25, -0.2) is 11.6 Å². The average molecular weight is 111 g/mol. The summed E-state index contributed by atoms with van der Waals surface area (Å²) in [5.74, 6) is 4.44. The molecule has 0 aliphatic carbocycles. The lowest BCUT2D eigenvalue weighted by atomic mass is 10.2. The summed E-state index contributed by atoms with van der Waals surface area (Å²) >= 11 is 0. The molecule has 7 heavy (non-hydrogen) atoms. The summed E-state index contributed by atoms with van der Waals surface area (Å²) < 4.78 is 0. The highest BCUT2D eigenvalue weighted by molar-refractivity contribution is 7.28. The van der Waals surface area contributed by atoms with Gasteiger partial charge in [-0.3, -0.25) is 0 Å². The molecule has 0 radical (unpaired) electrons. The molecule has 0 N–H and O–H groups in total. The summed E-state index contributed by atoms with van der Waals surface area (Å²) in [6.07, 6.45) is 0. The van der Waals surface area contributed by atoms with Crippen molar-refractivity contribution < 1.29 is 0 Å². The van der Waals surface area contributed by atoms with Crippen molar-refractivity contribution in [3.8, 4) is 0 Å². The molecule has 0 amide bonds. The first-order valence-corrected chi connectivity index (χ1v) is 3.38. The summed E-state index contributed by atoms with van der Waals surface area (Å²) in [5.41, 5.74) is 2.86. The lowest BCUT2D eigenvalue weighted by Crippen LogP contribution is -1.63. The van der Waals surface area contributed by atoms with Crippen molar-refractivity contribution in [1.82, 2.24) is 0 Å². The molecule has 0 nitrogen and oxygen atoms in total. The van der Waals surface area contributed by atoms with Gasteiger partial charge in [0.2, 0.25) is 0 Å². The monoisotopic (exact) mass is 111 g/mol. The molecule has 1 heterocycles. The molecule has 0 aliphatic rings. The fourth-order valence-corrected chi connectivity index (χ4v) is 1.39. The van der Waals surface area contributed by atoms with Crippen molar-refractivity contribution in [2.75, 3.05) is 0 Å². The Labute approximate surface area is 45.6 Å². The van der Waals surface area contributed by atoms with Crippen molar-refractivity contribution in [1.29, 1.82) is 0 Å². The first-order valence-electron chi connectivity index (χ1n) is 2.34. The molecular weight excluding hydrogens is 103 g/mol. The van der Waals surface area contributed by atoms with Crippen LogP contribution < -0.4 is 0 Å². The molecule has 0 saturated heterocycles. The van der Waals surface area contributed by atoms with E-state index in [9.17, 15) is 0 Å². The van der Waals surface area contributed by atoms with Gasteiger partial charge >= 0.3 is 0 Å². The molecule has 0 unspecified atom stereocenters. The Kier molecular flexibility index (Phi) is 1.21. The van der Waals surface area contributed by atoms with E-state index in [1.54, 1.807) is 0 Å². The van der Waals surface area contributed by atoms with Crippen molar-refractivity contribution in [2.45, 2.75) is 13.8 Å². The Morgan fingerprint density at radius 3 is 1.71 bits per heavy atom. The zero-order valence-electron chi connectivity index (χ0n) is 4.60. The van der Waals surface area contributed by atoms with Crippen LogP contribution in [0.5, 0.6) is 0 Å². The van der Waals surface area contributed by atoms with Gasteiger partial charge in [0.05, 0.1) is 0 Å². The molecule has 1 aromatic rings. The lowest BCUT2D eigenvalue weighted by molar-refractivity contribution is 1.41. The summed E-state index contributed by atoms with van der Waals surface area (Å²) in [6.45, 7) is 4.29. The molecule has 38 valence electrons. The summed E-state index contributed by atoms with van der Waals surface area (Å²) in [6, 6.07) is 0. The smallest absolute Gasteiger partial charge is 0.0422 e. The highest BCUT2D eigenvalue weighted by atomic mass is 31.0. The number of hydrogen-bond acceptors (Lipinski definition) is 0. The van der Waals surface area contributed by atoms with E-state index in [2.05, 4.69) is 25.4 Å². The van der Waals surface area contributed by atoms with Crippen LogP contribution in [-0.2, 0) is 0 Å². The van der Waals surface area contributed by atoms with Crippen molar-refractivity contribution in [3.63, 3.8) is 0 Å². The summed E-state index contributed by atoms with van der Waals surface area (Å²) in [5, 5.41) is 0. The van der Waals surface area contributed by atoms with Crippen LogP contribution in [0, 0.1) is 13.8 Å². The SMILES string of the molecule is Cc1c[p-]cc1C. The first kappa shape index (κ1) is 4.93. The van der Waals surface area contributed by atoms with E-state index in [4.69, 9.17) is 0 Å². The van der Waals surface area contributed by atoms with Crippen LogP contribution in [-0.4, -0.2) is 0 Å². The maximum atomic E-state index is 2.22. The summed E-state index contributed by atoms with van der Waals surface area (Å²) in [4.78, 5) is 0. The second-order valence-corrected chi connectivity index (χ2v) is 2.59. The predicted octanol–water partition coefficient (Wildman–Crippen LogP) is 2.60. The zero-order valence-corrected chi connectivity index (χ0v) is 5.50. The molecule has 0 spiro atoms. The van der Waals surface area contributed by atoms with Gasteiger partial charge in [-0.1, -0.05) is 11.1 Å². The van der Waals surface area contributed by atoms with Gasteiger partial charge < -0.3 is 8.19 Å². The molecule has 0 atom stereocenters. The minimum absolute atomic E-state index is 1.36. The number of aryl methyl sites for hydroxylation is 2. The number of rotatable bonds is 0. The standard InChI is InChI=1S/C6H8P/c1-5-3-7-4-6(5)2/h3-4H,1-2H3/q-1. The average Bonchev–Trinajstić information content (AvgIpc) is 1.91. The van der Waals surface area contributed by atoms with Crippen molar-refractivity contribution in [2.24, 2.45) is 0 Å². The van der Waals surface area contributed by atoms with Crippen LogP contribution in [0.15, 0.2) is 11.6 Å². The highest BCUT2D eigenvalue weighted by Crippen LogP contribution is 2.15. The van der Waals surface area contributed by atoms with Gasteiger partial charge in [-0.05, 0) is 13.8 Å². The zero-order chi connectivity index (χ0) is 5.28. The predicted molar refractivity (Wildman–Crippen MR) is 34.0 cm³/mol. The Hall–Kier alpha value is -0.220. The lowest BCUT2D eigenvalue weighted by Gasteiger charge is -1.86. The van der Waals surface area contributed by atoms with Crippen LogP contribution in [0.3, 0.4) is 0 Å². The molecule has 0 bridgehead atoms. The number of hydrogen-bond donors (Lipinski definition) is 0. The molecule has 0 fully saturated rings. The normalized spacial score (nSPS) is 9.43. The topological polar surface area (TPSA) is 0 Å². The van der Waals surface area contributed by atoms with Crippen molar-refractivity contribution in [3.05, 3.63) is 22.7 Å². The van der Waals surface area contributed by atoms with Gasteiger partial charge in [0, 0.05) is 0 Å². The van der Waals surface area contributed by atoms with E-state index in [1.165, 1.54) is 19.3 Å².